The Kier molecular flexibility index (Phi) is 4.12. The molecule has 0 unspecified atom stereocenters. The first-order valence-corrected chi connectivity index (χ1v) is 8.19. The van der Waals surface area contributed by atoms with Gasteiger partial charge in [-0.15, -0.1) is 0 Å². The summed E-state index contributed by atoms with van der Waals surface area (Å²) in [6.07, 6.45) is 1.31. The standard InChI is InChI=1S/C19H20N2O4/c1-4-10-6-7-11-9-14(21(3)13(11)8-10)16-12(5-2)17(22)15(19(24)25)18(23)20-16/h6-9H,4-5H2,1-3H3,(H,24,25)(H2,20,22,23). The Labute approximate surface area is 144 Å². The van der Waals surface area contributed by atoms with Gasteiger partial charge in [0.05, 0.1) is 11.4 Å². The fourth-order valence-electron chi connectivity index (χ4n) is 3.23. The molecule has 0 spiro atoms. The van der Waals surface area contributed by atoms with Gasteiger partial charge in [0.1, 0.15) is 5.75 Å². The fourth-order valence-corrected chi connectivity index (χ4v) is 3.23. The SMILES string of the molecule is CCc1ccc2cc(-c3[nH]c(=O)c(C(=O)O)c(O)c3CC)n(C)c2c1. The second kappa shape index (κ2) is 6.12. The molecule has 0 saturated heterocycles. The minimum Gasteiger partial charge on any atom is -0.506 e. The van der Waals surface area contributed by atoms with Gasteiger partial charge in [0.2, 0.25) is 0 Å². The molecule has 130 valence electrons. The van der Waals surface area contributed by atoms with Crippen molar-refractivity contribution in [2.75, 3.05) is 0 Å². The van der Waals surface area contributed by atoms with Crippen molar-refractivity contribution in [1.29, 1.82) is 0 Å². The summed E-state index contributed by atoms with van der Waals surface area (Å²) in [6, 6.07) is 8.10. The molecule has 3 rings (SSSR count). The summed E-state index contributed by atoms with van der Waals surface area (Å²) >= 11 is 0. The van der Waals surface area contributed by atoms with Gasteiger partial charge in [-0.2, -0.15) is 0 Å². The predicted molar refractivity (Wildman–Crippen MR) is 96.4 cm³/mol. The van der Waals surface area contributed by atoms with Crippen LogP contribution in [0.25, 0.3) is 22.3 Å². The lowest BCUT2D eigenvalue weighted by atomic mass is 10.0. The maximum absolute atomic E-state index is 12.2. The fraction of sp³-hybridized carbons (Fsp3) is 0.263. The van der Waals surface area contributed by atoms with Crippen LogP contribution in [0.2, 0.25) is 0 Å². The van der Waals surface area contributed by atoms with E-state index in [1.807, 2.05) is 23.7 Å². The summed E-state index contributed by atoms with van der Waals surface area (Å²) in [4.78, 5) is 26.1. The zero-order valence-corrected chi connectivity index (χ0v) is 14.4. The minimum atomic E-state index is -1.44. The van der Waals surface area contributed by atoms with Crippen molar-refractivity contribution in [3.05, 3.63) is 51.3 Å². The Morgan fingerprint density at radius 1 is 1.20 bits per heavy atom. The number of carboxylic acid groups (broad SMARTS) is 1. The average molecular weight is 340 g/mol. The highest BCUT2D eigenvalue weighted by Gasteiger charge is 2.23. The zero-order valence-electron chi connectivity index (χ0n) is 14.4. The molecule has 0 bridgehead atoms. The van der Waals surface area contributed by atoms with E-state index in [0.717, 1.165) is 23.0 Å². The first kappa shape index (κ1) is 16.8. The molecule has 0 aliphatic rings. The number of benzene rings is 1. The number of rotatable bonds is 4. The monoisotopic (exact) mass is 340 g/mol. The Morgan fingerprint density at radius 2 is 1.92 bits per heavy atom. The van der Waals surface area contributed by atoms with E-state index in [2.05, 4.69) is 24.0 Å². The molecule has 3 N–H and O–H groups in total. The molecular weight excluding hydrogens is 320 g/mol. The third-order valence-electron chi connectivity index (χ3n) is 4.63. The number of nitrogens with zero attached hydrogens (tertiary/aromatic N) is 1. The number of fused-ring (bicyclic) bond motifs is 1. The van der Waals surface area contributed by atoms with E-state index >= 15 is 0 Å². The van der Waals surface area contributed by atoms with Crippen LogP contribution in [0.3, 0.4) is 0 Å². The van der Waals surface area contributed by atoms with E-state index in [1.165, 1.54) is 5.56 Å². The van der Waals surface area contributed by atoms with Crippen molar-refractivity contribution in [2.45, 2.75) is 26.7 Å². The minimum absolute atomic E-state index is 0.389. The van der Waals surface area contributed by atoms with Crippen LogP contribution in [0.15, 0.2) is 29.1 Å². The van der Waals surface area contributed by atoms with Crippen LogP contribution in [0.1, 0.15) is 35.3 Å². The second-order valence-electron chi connectivity index (χ2n) is 6.03. The van der Waals surface area contributed by atoms with Gasteiger partial charge in [0.15, 0.2) is 5.56 Å². The largest absolute Gasteiger partial charge is 0.506 e. The van der Waals surface area contributed by atoms with Crippen LogP contribution in [0, 0.1) is 0 Å². The van der Waals surface area contributed by atoms with Gasteiger partial charge in [0.25, 0.3) is 5.56 Å². The van der Waals surface area contributed by atoms with Gasteiger partial charge in [-0.1, -0.05) is 26.0 Å². The molecule has 0 amide bonds. The van der Waals surface area contributed by atoms with Crippen LogP contribution in [0.5, 0.6) is 5.75 Å². The van der Waals surface area contributed by atoms with Crippen molar-refractivity contribution in [3.63, 3.8) is 0 Å². The molecular formula is C19H20N2O4. The number of nitrogens with one attached hydrogen (secondary N) is 1. The van der Waals surface area contributed by atoms with E-state index < -0.39 is 22.8 Å². The Bertz CT molecular complexity index is 1040. The summed E-state index contributed by atoms with van der Waals surface area (Å²) in [5.74, 6) is -1.90. The number of hydrogen-bond donors (Lipinski definition) is 3. The first-order valence-electron chi connectivity index (χ1n) is 8.19. The smallest absolute Gasteiger partial charge is 0.345 e. The molecule has 3 aromatic rings. The summed E-state index contributed by atoms with van der Waals surface area (Å²) in [6.45, 7) is 3.89. The molecule has 2 heterocycles. The number of carboxylic acids is 1. The number of aromatic hydroxyl groups is 1. The van der Waals surface area contributed by atoms with Gasteiger partial charge in [-0.25, -0.2) is 4.79 Å². The van der Waals surface area contributed by atoms with E-state index in [0.29, 0.717) is 17.7 Å². The average Bonchev–Trinajstić information content (AvgIpc) is 2.90. The molecule has 0 radical (unpaired) electrons. The molecule has 0 fully saturated rings. The molecule has 6 nitrogen and oxygen atoms in total. The van der Waals surface area contributed by atoms with Crippen molar-refractivity contribution in [2.24, 2.45) is 7.05 Å². The number of aromatic amines is 1. The van der Waals surface area contributed by atoms with Crippen LogP contribution in [-0.4, -0.2) is 25.7 Å². The first-order chi connectivity index (χ1) is 11.9. The molecule has 1 aromatic carbocycles. The lowest BCUT2D eigenvalue weighted by molar-refractivity contribution is 0.0691. The van der Waals surface area contributed by atoms with E-state index in [-0.39, 0.29) is 0 Å². The van der Waals surface area contributed by atoms with Gasteiger partial charge in [-0.05, 0) is 30.5 Å². The van der Waals surface area contributed by atoms with Gasteiger partial charge < -0.3 is 19.8 Å². The topological polar surface area (TPSA) is 95.3 Å². The Hall–Kier alpha value is -3.02. The van der Waals surface area contributed by atoms with Crippen LogP contribution in [0.4, 0.5) is 0 Å². The summed E-state index contributed by atoms with van der Waals surface area (Å²) in [5, 5.41) is 20.5. The molecule has 0 aliphatic carbocycles. The summed E-state index contributed by atoms with van der Waals surface area (Å²) in [5.41, 5.74) is 2.38. The highest BCUT2D eigenvalue weighted by molar-refractivity contribution is 5.93. The maximum atomic E-state index is 12.2. The number of aromatic nitrogens is 2. The molecule has 6 heteroatoms. The van der Waals surface area contributed by atoms with Crippen molar-refractivity contribution in [1.82, 2.24) is 9.55 Å². The zero-order chi connectivity index (χ0) is 18.3. The lowest BCUT2D eigenvalue weighted by Gasteiger charge is -2.13. The number of aromatic carboxylic acids is 1. The van der Waals surface area contributed by atoms with Crippen molar-refractivity contribution < 1.29 is 15.0 Å². The summed E-state index contributed by atoms with van der Waals surface area (Å²) in [7, 11) is 1.89. The normalized spacial score (nSPS) is 11.2. The molecule has 0 saturated carbocycles. The van der Waals surface area contributed by atoms with E-state index in [1.54, 1.807) is 6.92 Å². The molecule has 2 aromatic heterocycles. The van der Waals surface area contributed by atoms with E-state index in [4.69, 9.17) is 5.11 Å². The lowest BCUT2D eigenvalue weighted by Crippen LogP contribution is -2.20. The van der Waals surface area contributed by atoms with Crippen LogP contribution >= 0.6 is 0 Å². The summed E-state index contributed by atoms with van der Waals surface area (Å²) < 4.78 is 1.94. The number of hydrogen-bond acceptors (Lipinski definition) is 3. The van der Waals surface area contributed by atoms with Crippen molar-refractivity contribution >= 4 is 16.9 Å². The highest BCUT2D eigenvalue weighted by Crippen LogP contribution is 2.33. The van der Waals surface area contributed by atoms with Crippen LogP contribution in [-0.2, 0) is 19.9 Å². The maximum Gasteiger partial charge on any atom is 0.345 e. The third kappa shape index (κ3) is 2.59. The van der Waals surface area contributed by atoms with Gasteiger partial charge in [-0.3, -0.25) is 4.79 Å². The number of aryl methyl sites for hydroxylation is 2. The predicted octanol–water partition coefficient (Wildman–Crippen LogP) is 3.06. The highest BCUT2D eigenvalue weighted by atomic mass is 16.4. The molecule has 0 aliphatic heterocycles. The molecule has 25 heavy (non-hydrogen) atoms. The number of carbonyl (C=O) groups is 1. The number of H-pyrrole nitrogens is 1. The second-order valence-corrected chi connectivity index (χ2v) is 6.03. The molecule has 0 atom stereocenters. The van der Waals surface area contributed by atoms with E-state index in [9.17, 15) is 14.7 Å². The van der Waals surface area contributed by atoms with Crippen molar-refractivity contribution in [3.8, 4) is 17.1 Å². The number of pyridine rings is 1. The van der Waals surface area contributed by atoms with Crippen LogP contribution < -0.4 is 5.56 Å². The van der Waals surface area contributed by atoms with Gasteiger partial charge >= 0.3 is 5.97 Å². The third-order valence-corrected chi connectivity index (χ3v) is 4.63. The quantitative estimate of drug-likeness (QED) is 0.680. The Balaban J connectivity index is 2.33. The Morgan fingerprint density at radius 3 is 2.52 bits per heavy atom. The van der Waals surface area contributed by atoms with Gasteiger partial charge in [0, 0.05) is 23.5 Å².